The summed E-state index contributed by atoms with van der Waals surface area (Å²) in [5.41, 5.74) is 0.155. The van der Waals surface area contributed by atoms with Gasteiger partial charge in [-0.05, 0) is 32.4 Å². The van der Waals surface area contributed by atoms with E-state index in [1.54, 1.807) is 19.9 Å². The van der Waals surface area contributed by atoms with Crippen molar-refractivity contribution in [3.63, 3.8) is 0 Å². The molecule has 2 aromatic heterocycles. The van der Waals surface area contributed by atoms with Crippen LogP contribution in [0.3, 0.4) is 0 Å². The number of ether oxygens (including phenoxy) is 3. The molecule has 3 fully saturated rings. The Kier molecular flexibility index (Phi) is 5.47. The van der Waals surface area contributed by atoms with Crippen LogP contribution in [0.25, 0.3) is 22.3 Å². The summed E-state index contributed by atoms with van der Waals surface area (Å²) >= 11 is 6.43. The molecule has 1 aromatic carbocycles. The molecule has 3 aromatic rings. The number of fused-ring (bicyclic) bond motifs is 3. The highest BCUT2D eigenvalue weighted by Gasteiger charge is 2.43. The van der Waals surface area contributed by atoms with Crippen molar-refractivity contribution in [3.05, 3.63) is 35.0 Å². The number of benzene rings is 1. The summed E-state index contributed by atoms with van der Waals surface area (Å²) in [5, 5.41) is 24.6. The zero-order valence-electron chi connectivity index (χ0n) is 19.1. The number of aliphatic hydroxyl groups is 2. The molecule has 0 amide bonds. The van der Waals surface area contributed by atoms with Crippen LogP contribution >= 0.6 is 11.6 Å². The van der Waals surface area contributed by atoms with Crippen LogP contribution in [0.15, 0.2) is 18.3 Å². The highest BCUT2D eigenvalue weighted by molar-refractivity contribution is 6.33. The van der Waals surface area contributed by atoms with E-state index in [4.69, 9.17) is 25.8 Å². The van der Waals surface area contributed by atoms with E-state index in [-0.39, 0.29) is 34.7 Å². The van der Waals surface area contributed by atoms with Crippen molar-refractivity contribution in [2.24, 2.45) is 0 Å². The predicted octanol–water partition coefficient (Wildman–Crippen LogP) is 2.37. The fraction of sp³-hybridized carbons (Fsp3) is 0.522. The molecule has 186 valence electrons. The van der Waals surface area contributed by atoms with Gasteiger partial charge >= 0.3 is 0 Å². The molecule has 10 nitrogen and oxygen atoms in total. The number of hydrogen-bond acceptors (Lipinski definition) is 9. The molecule has 2 bridgehead atoms. The molecule has 35 heavy (non-hydrogen) atoms. The van der Waals surface area contributed by atoms with Gasteiger partial charge < -0.3 is 34.3 Å². The Morgan fingerprint density at radius 1 is 1.23 bits per heavy atom. The molecule has 0 spiro atoms. The van der Waals surface area contributed by atoms with Crippen molar-refractivity contribution in [2.45, 2.75) is 56.5 Å². The molecular formula is C23H25ClFN5O5. The average molecular weight is 506 g/mol. The number of aromatic nitrogens is 4. The molecule has 3 saturated heterocycles. The van der Waals surface area contributed by atoms with Gasteiger partial charge in [0, 0.05) is 5.56 Å². The van der Waals surface area contributed by atoms with Crippen LogP contribution in [0.4, 0.5) is 10.3 Å². The van der Waals surface area contributed by atoms with Crippen LogP contribution < -0.4 is 5.32 Å². The Bertz CT molecular complexity index is 1290. The summed E-state index contributed by atoms with van der Waals surface area (Å²) in [6.45, 7) is 4.55. The summed E-state index contributed by atoms with van der Waals surface area (Å²) in [6.07, 6.45) is 0.289. The van der Waals surface area contributed by atoms with Gasteiger partial charge in [-0.3, -0.25) is 0 Å². The first-order valence-corrected chi connectivity index (χ1v) is 11.8. The van der Waals surface area contributed by atoms with E-state index in [2.05, 4.69) is 20.3 Å². The molecule has 0 radical (unpaired) electrons. The molecule has 4 atom stereocenters. The lowest BCUT2D eigenvalue weighted by atomic mass is 10.0. The molecule has 0 aliphatic carbocycles. The molecule has 6 rings (SSSR count). The van der Waals surface area contributed by atoms with Gasteiger partial charge in [0.25, 0.3) is 0 Å². The molecule has 3 aliphatic rings. The van der Waals surface area contributed by atoms with Gasteiger partial charge in [0.1, 0.15) is 23.0 Å². The Morgan fingerprint density at radius 2 is 2.03 bits per heavy atom. The minimum atomic E-state index is -1.28. The Balaban J connectivity index is 1.40. The number of nitrogens with one attached hydrogen (secondary N) is 1. The number of hydrogen-bond donors (Lipinski definition) is 3. The highest BCUT2D eigenvalue weighted by Crippen LogP contribution is 2.36. The van der Waals surface area contributed by atoms with E-state index >= 15 is 4.39 Å². The fourth-order valence-electron chi connectivity index (χ4n) is 4.80. The summed E-state index contributed by atoms with van der Waals surface area (Å²) in [7, 11) is 0. The maximum absolute atomic E-state index is 15.3. The standard InChI is InChI=1S/C23H25ClFN5O5/c1-23(2,32)21-28-18-14(25)3-10(4-16(18)30(21)11-7-33-8-11)17-13(24)6-26-22(29-17)27-15-5-12-9-34-20(35-12)19(15)31/h3-4,6,11-12,15,19-20,31-32H,5,7-9H2,1-2H3,(H,26,27,29)/t12-,15+,19-,20+/m0/s1. The quantitative estimate of drug-likeness (QED) is 0.479. The Hall–Kier alpha value is -2.41. The van der Waals surface area contributed by atoms with Crippen molar-refractivity contribution < 1.29 is 28.8 Å². The molecule has 0 saturated carbocycles. The van der Waals surface area contributed by atoms with Gasteiger partial charge in [-0.1, -0.05) is 11.6 Å². The lowest BCUT2D eigenvalue weighted by molar-refractivity contribution is -0.156. The van der Waals surface area contributed by atoms with Gasteiger partial charge in [0.05, 0.1) is 60.4 Å². The summed E-state index contributed by atoms with van der Waals surface area (Å²) in [6, 6.07) is 2.64. The first kappa shape index (κ1) is 23.0. The Labute approximate surface area is 205 Å². The van der Waals surface area contributed by atoms with Crippen LogP contribution in [-0.2, 0) is 19.8 Å². The number of rotatable bonds is 5. The lowest BCUT2D eigenvalue weighted by Crippen LogP contribution is -2.48. The lowest BCUT2D eigenvalue weighted by Gasteiger charge is -2.32. The summed E-state index contributed by atoms with van der Waals surface area (Å²) in [5.74, 6) is 0.0476. The number of halogens is 2. The number of aliphatic hydroxyl groups excluding tert-OH is 1. The molecule has 5 heterocycles. The number of anilines is 1. The summed E-state index contributed by atoms with van der Waals surface area (Å²) in [4.78, 5) is 13.2. The van der Waals surface area contributed by atoms with Gasteiger partial charge in [-0.15, -0.1) is 0 Å². The molecule has 3 N–H and O–H groups in total. The van der Waals surface area contributed by atoms with Crippen molar-refractivity contribution in [1.29, 1.82) is 0 Å². The normalized spacial score (nSPS) is 26.8. The average Bonchev–Trinajstić information content (AvgIpc) is 3.35. The molecular weight excluding hydrogens is 481 g/mol. The van der Waals surface area contributed by atoms with Crippen LogP contribution in [0, 0.1) is 5.82 Å². The third-order valence-corrected chi connectivity index (χ3v) is 6.87. The van der Waals surface area contributed by atoms with E-state index < -0.39 is 23.8 Å². The summed E-state index contributed by atoms with van der Waals surface area (Å²) < 4.78 is 33.5. The second-order valence-electron chi connectivity index (χ2n) is 9.71. The minimum Gasteiger partial charge on any atom is -0.386 e. The SMILES string of the molecule is CC(C)(O)c1nc2c(F)cc(-c3nc(N[C@@H]4C[C@H]5CO[C@H](O5)[C@H]4O)ncc3Cl)cc2n1C1COC1. The van der Waals surface area contributed by atoms with E-state index in [0.717, 1.165) is 0 Å². The largest absolute Gasteiger partial charge is 0.386 e. The molecule has 3 aliphatic heterocycles. The zero-order valence-corrected chi connectivity index (χ0v) is 19.9. The van der Waals surface area contributed by atoms with E-state index in [1.807, 2.05) is 4.57 Å². The topological polar surface area (TPSA) is 124 Å². The maximum atomic E-state index is 15.3. The van der Waals surface area contributed by atoms with Gasteiger partial charge in [-0.2, -0.15) is 0 Å². The Morgan fingerprint density at radius 3 is 2.74 bits per heavy atom. The van der Waals surface area contributed by atoms with Gasteiger partial charge in [0.2, 0.25) is 5.95 Å². The van der Waals surface area contributed by atoms with Crippen molar-refractivity contribution >= 4 is 28.6 Å². The van der Waals surface area contributed by atoms with Crippen molar-refractivity contribution in [2.75, 3.05) is 25.1 Å². The fourth-order valence-corrected chi connectivity index (χ4v) is 5.00. The second-order valence-corrected chi connectivity index (χ2v) is 10.1. The van der Waals surface area contributed by atoms with Crippen LogP contribution in [0.1, 0.15) is 32.1 Å². The van der Waals surface area contributed by atoms with Crippen LogP contribution in [0.5, 0.6) is 0 Å². The predicted molar refractivity (Wildman–Crippen MR) is 123 cm³/mol. The number of nitrogens with zero attached hydrogens (tertiary/aromatic N) is 4. The van der Waals surface area contributed by atoms with Crippen LogP contribution in [-0.4, -0.2) is 74.1 Å². The van der Waals surface area contributed by atoms with E-state index in [0.29, 0.717) is 48.8 Å². The molecule has 12 heteroatoms. The van der Waals surface area contributed by atoms with Crippen LogP contribution in [0.2, 0.25) is 5.02 Å². The zero-order chi connectivity index (χ0) is 24.5. The van der Waals surface area contributed by atoms with Crippen molar-refractivity contribution in [1.82, 2.24) is 19.5 Å². The van der Waals surface area contributed by atoms with Gasteiger partial charge in [-0.25, -0.2) is 19.3 Å². The maximum Gasteiger partial charge on any atom is 0.223 e. The monoisotopic (exact) mass is 505 g/mol. The van der Waals surface area contributed by atoms with E-state index in [1.165, 1.54) is 12.3 Å². The highest BCUT2D eigenvalue weighted by atomic mass is 35.5. The first-order chi connectivity index (χ1) is 16.7. The number of imidazole rings is 1. The second kappa shape index (κ2) is 8.32. The smallest absolute Gasteiger partial charge is 0.223 e. The van der Waals surface area contributed by atoms with E-state index in [9.17, 15) is 10.2 Å². The molecule has 0 unspecified atom stereocenters. The minimum absolute atomic E-state index is 0.0678. The third kappa shape index (κ3) is 3.96. The van der Waals surface area contributed by atoms with Crippen molar-refractivity contribution in [3.8, 4) is 11.3 Å². The first-order valence-electron chi connectivity index (χ1n) is 11.5. The third-order valence-electron chi connectivity index (χ3n) is 6.59. The van der Waals surface area contributed by atoms with Gasteiger partial charge in [0.15, 0.2) is 12.1 Å².